The Morgan fingerprint density at radius 2 is 2.11 bits per heavy atom. The van der Waals surface area contributed by atoms with E-state index in [2.05, 4.69) is 31.2 Å². The Hall–Kier alpha value is -1.17. The van der Waals surface area contributed by atoms with Crippen molar-refractivity contribution in [1.82, 2.24) is 14.9 Å². The molecule has 104 valence electrons. The fourth-order valence-electron chi connectivity index (χ4n) is 2.22. The molecule has 1 aliphatic heterocycles. The van der Waals surface area contributed by atoms with Crippen LogP contribution in [-0.2, 0) is 4.79 Å². The van der Waals surface area contributed by atoms with Crippen LogP contribution in [-0.4, -0.2) is 40.4 Å². The van der Waals surface area contributed by atoms with Gasteiger partial charge in [-0.1, -0.05) is 0 Å². The Labute approximate surface area is 121 Å². The van der Waals surface area contributed by atoms with E-state index in [4.69, 9.17) is 0 Å². The molecule has 1 aromatic rings. The Morgan fingerprint density at radius 1 is 1.37 bits per heavy atom. The average molecular weight is 327 g/mol. The number of nitrogens with one attached hydrogen (secondary N) is 1. The van der Waals surface area contributed by atoms with Gasteiger partial charge in [0, 0.05) is 32.1 Å². The molecule has 6 heteroatoms. The lowest BCUT2D eigenvalue weighted by atomic mass is 10.1. The molecule has 0 radical (unpaired) electrons. The molecule has 0 unspecified atom stereocenters. The zero-order valence-electron chi connectivity index (χ0n) is 11.2. The summed E-state index contributed by atoms with van der Waals surface area (Å²) in [6, 6.07) is 1.82. The molecule has 2 heterocycles. The standard InChI is InChI=1S/C13H19BrN4O/c1-10-16-11(14)9-12(17-10)15-6-5-13(19)18-7-3-2-4-8-18/h9H,2-8H2,1H3,(H,15,16,17). The van der Waals surface area contributed by atoms with Gasteiger partial charge < -0.3 is 10.2 Å². The van der Waals surface area contributed by atoms with E-state index < -0.39 is 0 Å². The summed E-state index contributed by atoms with van der Waals surface area (Å²) in [5.74, 6) is 1.70. The van der Waals surface area contributed by atoms with Crippen molar-refractivity contribution in [3.05, 3.63) is 16.5 Å². The second kappa shape index (κ2) is 6.84. The predicted octanol–water partition coefficient (Wildman–Crippen LogP) is 2.36. The topological polar surface area (TPSA) is 58.1 Å². The van der Waals surface area contributed by atoms with Crippen molar-refractivity contribution in [3.8, 4) is 0 Å². The molecule has 5 nitrogen and oxygen atoms in total. The van der Waals surface area contributed by atoms with Crippen molar-refractivity contribution in [1.29, 1.82) is 0 Å². The Kier molecular flexibility index (Phi) is 5.13. The van der Waals surface area contributed by atoms with Crippen molar-refractivity contribution in [2.45, 2.75) is 32.6 Å². The Balaban J connectivity index is 1.77. The van der Waals surface area contributed by atoms with Crippen LogP contribution in [0.15, 0.2) is 10.7 Å². The minimum atomic E-state index is 0.233. The monoisotopic (exact) mass is 326 g/mol. The average Bonchev–Trinajstić information content (AvgIpc) is 2.38. The van der Waals surface area contributed by atoms with E-state index in [0.29, 0.717) is 18.8 Å². The first-order valence-corrected chi connectivity index (χ1v) is 7.47. The van der Waals surface area contributed by atoms with Gasteiger partial charge >= 0.3 is 0 Å². The molecule has 2 rings (SSSR count). The normalized spacial score (nSPS) is 15.4. The summed E-state index contributed by atoms with van der Waals surface area (Å²) in [6.07, 6.45) is 4.03. The molecule has 1 saturated heterocycles. The number of nitrogens with zero attached hydrogens (tertiary/aromatic N) is 3. The zero-order chi connectivity index (χ0) is 13.7. The maximum Gasteiger partial charge on any atom is 0.224 e. The Morgan fingerprint density at radius 3 is 2.79 bits per heavy atom. The van der Waals surface area contributed by atoms with Crippen LogP contribution in [0.25, 0.3) is 0 Å². The van der Waals surface area contributed by atoms with Crippen LogP contribution in [0.1, 0.15) is 31.5 Å². The summed E-state index contributed by atoms with van der Waals surface area (Å²) in [5.41, 5.74) is 0. The molecule has 0 atom stereocenters. The number of carbonyl (C=O) groups is 1. The van der Waals surface area contributed by atoms with Crippen molar-refractivity contribution >= 4 is 27.7 Å². The number of piperidine rings is 1. The number of aryl methyl sites for hydroxylation is 1. The third kappa shape index (κ3) is 4.45. The molecule has 1 aliphatic rings. The molecule has 1 fully saturated rings. The first-order valence-electron chi connectivity index (χ1n) is 6.68. The smallest absolute Gasteiger partial charge is 0.224 e. The maximum absolute atomic E-state index is 12.0. The molecule has 0 spiro atoms. The molecule has 0 aromatic carbocycles. The lowest BCUT2D eigenvalue weighted by Gasteiger charge is -2.26. The van der Waals surface area contributed by atoms with Gasteiger partial charge in [0.15, 0.2) is 0 Å². The van der Waals surface area contributed by atoms with E-state index in [1.807, 2.05) is 17.9 Å². The second-order valence-corrected chi connectivity index (χ2v) is 5.55. The highest BCUT2D eigenvalue weighted by molar-refractivity contribution is 9.10. The molecule has 1 N–H and O–H groups in total. The molecule has 1 aromatic heterocycles. The van der Waals surface area contributed by atoms with E-state index >= 15 is 0 Å². The van der Waals surface area contributed by atoms with E-state index in [1.165, 1.54) is 6.42 Å². The van der Waals surface area contributed by atoms with Gasteiger partial charge in [-0.25, -0.2) is 9.97 Å². The summed E-state index contributed by atoms with van der Waals surface area (Å²) in [7, 11) is 0. The molecule has 0 saturated carbocycles. The van der Waals surface area contributed by atoms with Gasteiger partial charge in [-0.05, 0) is 42.1 Å². The van der Waals surface area contributed by atoms with Crippen LogP contribution < -0.4 is 5.32 Å². The molecule has 0 bridgehead atoms. The van der Waals surface area contributed by atoms with Crippen molar-refractivity contribution < 1.29 is 4.79 Å². The lowest BCUT2D eigenvalue weighted by Crippen LogP contribution is -2.36. The highest BCUT2D eigenvalue weighted by Crippen LogP contribution is 2.13. The van der Waals surface area contributed by atoms with Gasteiger partial charge in [0.1, 0.15) is 16.2 Å². The van der Waals surface area contributed by atoms with Crippen LogP contribution in [0.5, 0.6) is 0 Å². The summed E-state index contributed by atoms with van der Waals surface area (Å²) in [5, 5.41) is 3.17. The van der Waals surface area contributed by atoms with E-state index in [-0.39, 0.29) is 5.91 Å². The van der Waals surface area contributed by atoms with E-state index in [0.717, 1.165) is 36.4 Å². The van der Waals surface area contributed by atoms with Gasteiger partial charge in [-0.2, -0.15) is 0 Å². The number of amides is 1. The van der Waals surface area contributed by atoms with Gasteiger partial charge in [-0.15, -0.1) is 0 Å². The number of rotatable bonds is 4. The minimum absolute atomic E-state index is 0.233. The minimum Gasteiger partial charge on any atom is -0.369 e. The maximum atomic E-state index is 12.0. The fourth-order valence-corrected chi connectivity index (χ4v) is 2.69. The molecule has 1 amide bonds. The highest BCUT2D eigenvalue weighted by Gasteiger charge is 2.15. The van der Waals surface area contributed by atoms with Crippen LogP contribution >= 0.6 is 15.9 Å². The first kappa shape index (κ1) is 14.2. The summed E-state index contributed by atoms with van der Waals surface area (Å²) < 4.78 is 0.754. The number of likely N-dealkylation sites (tertiary alicyclic amines) is 1. The third-order valence-electron chi connectivity index (χ3n) is 3.16. The van der Waals surface area contributed by atoms with Gasteiger partial charge in [0.2, 0.25) is 5.91 Å². The molecule has 0 aliphatic carbocycles. The van der Waals surface area contributed by atoms with Crippen molar-refractivity contribution in [3.63, 3.8) is 0 Å². The number of anilines is 1. The number of hydrogen-bond acceptors (Lipinski definition) is 4. The Bertz CT molecular complexity index is 426. The summed E-state index contributed by atoms with van der Waals surface area (Å²) >= 11 is 3.33. The second-order valence-electron chi connectivity index (χ2n) is 4.74. The van der Waals surface area contributed by atoms with Crippen LogP contribution in [0.2, 0.25) is 0 Å². The molecular weight excluding hydrogens is 308 g/mol. The lowest BCUT2D eigenvalue weighted by molar-refractivity contribution is -0.131. The van der Waals surface area contributed by atoms with E-state index in [1.54, 1.807) is 0 Å². The van der Waals surface area contributed by atoms with E-state index in [9.17, 15) is 4.79 Å². The molecular formula is C13H19BrN4O. The third-order valence-corrected chi connectivity index (χ3v) is 3.57. The zero-order valence-corrected chi connectivity index (χ0v) is 12.7. The SMILES string of the molecule is Cc1nc(Br)cc(NCCC(=O)N2CCCCC2)n1. The van der Waals surface area contributed by atoms with Gasteiger partial charge in [0.05, 0.1) is 0 Å². The van der Waals surface area contributed by atoms with Crippen LogP contribution in [0.4, 0.5) is 5.82 Å². The van der Waals surface area contributed by atoms with Gasteiger partial charge in [0.25, 0.3) is 0 Å². The first-order chi connectivity index (χ1) is 9.15. The molecule has 19 heavy (non-hydrogen) atoms. The highest BCUT2D eigenvalue weighted by atomic mass is 79.9. The number of carbonyl (C=O) groups excluding carboxylic acids is 1. The van der Waals surface area contributed by atoms with Crippen molar-refractivity contribution in [2.75, 3.05) is 25.0 Å². The summed E-state index contributed by atoms with van der Waals surface area (Å²) in [4.78, 5) is 22.3. The van der Waals surface area contributed by atoms with Crippen molar-refractivity contribution in [2.24, 2.45) is 0 Å². The van der Waals surface area contributed by atoms with Gasteiger partial charge in [-0.3, -0.25) is 4.79 Å². The van der Waals surface area contributed by atoms with Crippen LogP contribution in [0.3, 0.4) is 0 Å². The fraction of sp³-hybridized carbons (Fsp3) is 0.615. The number of aromatic nitrogens is 2. The number of hydrogen-bond donors (Lipinski definition) is 1. The quantitative estimate of drug-likeness (QED) is 0.863. The summed E-state index contributed by atoms with van der Waals surface area (Å²) in [6.45, 7) is 4.28. The largest absolute Gasteiger partial charge is 0.369 e. The predicted molar refractivity (Wildman–Crippen MR) is 78.0 cm³/mol. The van der Waals surface area contributed by atoms with Crippen LogP contribution in [0, 0.1) is 6.92 Å². The number of halogens is 1.